The van der Waals surface area contributed by atoms with Crippen LogP contribution in [0.1, 0.15) is 58.8 Å². The minimum atomic E-state index is 0.277. The molecule has 1 saturated carbocycles. The molecule has 1 saturated heterocycles. The summed E-state index contributed by atoms with van der Waals surface area (Å²) in [6.07, 6.45) is 9.81. The SMILES string of the molecule is CCC1CCCN(C(C)(CN)CC2CCC2)C1. The lowest BCUT2D eigenvalue weighted by molar-refractivity contribution is 0.0306. The van der Waals surface area contributed by atoms with Gasteiger partial charge < -0.3 is 5.73 Å². The number of nitrogens with zero attached hydrogens (tertiary/aromatic N) is 1. The summed E-state index contributed by atoms with van der Waals surface area (Å²) in [6.45, 7) is 8.14. The van der Waals surface area contributed by atoms with Gasteiger partial charge in [-0.1, -0.05) is 32.6 Å². The topological polar surface area (TPSA) is 29.3 Å². The highest BCUT2D eigenvalue weighted by Crippen LogP contribution is 2.37. The third-order valence-electron chi connectivity index (χ3n) is 5.25. The second kappa shape index (κ2) is 5.71. The van der Waals surface area contributed by atoms with Crippen LogP contribution in [0.3, 0.4) is 0 Å². The Morgan fingerprint density at radius 2 is 1.88 bits per heavy atom. The molecule has 2 aliphatic rings. The number of hydrogen-bond acceptors (Lipinski definition) is 2. The van der Waals surface area contributed by atoms with Crippen molar-refractivity contribution >= 4 is 0 Å². The Hall–Kier alpha value is -0.0800. The number of nitrogens with two attached hydrogens (primary N) is 1. The molecule has 1 heterocycles. The van der Waals surface area contributed by atoms with Crippen molar-refractivity contribution in [1.29, 1.82) is 0 Å². The lowest BCUT2D eigenvalue weighted by Gasteiger charge is -2.48. The first-order valence-electron chi connectivity index (χ1n) is 7.63. The van der Waals surface area contributed by atoms with Crippen LogP contribution in [0.25, 0.3) is 0 Å². The summed E-state index contributed by atoms with van der Waals surface area (Å²) in [7, 11) is 0. The molecule has 2 nitrogen and oxygen atoms in total. The van der Waals surface area contributed by atoms with E-state index in [1.807, 2.05) is 0 Å². The van der Waals surface area contributed by atoms with E-state index in [2.05, 4.69) is 18.7 Å². The first-order chi connectivity index (χ1) is 8.18. The molecule has 0 aromatic carbocycles. The Bertz CT molecular complexity index is 237. The second-order valence-corrected chi connectivity index (χ2v) is 6.56. The minimum Gasteiger partial charge on any atom is -0.329 e. The molecule has 2 rings (SSSR count). The van der Waals surface area contributed by atoms with Crippen molar-refractivity contribution in [2.24, 2.45) is 17.6 Å². The van der Waals surface area contributed by atoms with E-state index in [-0.39, 0.29) is 5.54 Å². The Morgan fingerprint density at radius 3 is 2.41 bits per heavy atom. The molecule has 0 spiro atoms. The smallest absolute Gasteiger partial charge is 0.0306 e. The van der Waals surface area contributed by atoms with Crippen LogP contribution in [0.15, 0.2) is 0 Å². The molecule has 2 unspecified atom stereocenters. The molecule has 17 heavy (non-hydrogen) atoms. The Balaban J connectivity index is 1.94. The van der Waals surface area contributed by atoms with E-state index >= 15 is 0 Å². The number of hydrogen-bond donors (Lipinski definition) is 1. The molecule has 2 atom stereocenters. The van der Waals surface area contributed by atoms with Crippen LogP contribution in [0.5, 0.6) is 0 Å². The van der Waals surface area contributed by atoms with E-state index in [4.69, 9.17) is 5.73 Å². The van der Waals surface area contributed by atoms with E-state index in [0.717, 1.165) is 18.4 Å². The molecule has 0 bridgehead atoms. The van der Waals surface area contributed by atoms with Crippen molar-refractivity contribution in [3.05, 3.63) is 0 Å². The highest BCUT2D eigenvalue weighted by molar-refractivity contribution is 4.93. The van der Waals surface area contributed by atoms with Gasteiger partial charge in [-0.05, 0) is 44.6 Å². The second-order valence-electron chi connectivity index (χ2n) is 6.56. The van der Waals surface area contributed by atoms with Gasteiger partial charge in [0.25, 0.3) is 0 Å². The zero-order chi connectivity index (χ0) is 12.3. The van der Waals surface area contributed by atoms with Gasteiger partial charge in [-0.3, -0.25) is 4.90 Å². The van der Waals surface area contributed by atoms with Crippen LogP contribution >= 0.6 is 0 Å². The molecular formula is C15H30N2. The molecule has 2 fully saturated rings. The van der Waals surface area contributed by atoms with E-state index in [1.165, 1.54) is 58.0 Å². The van der Waals surface area contributed by atoms with Crippen LogP contribution in [-0.2, 0) is 0 Å². The van der Waals surface area contributed by atoms with Gasteiger partial charge in [-0.15, -0.1) is 0 Å². The van der Waals surface area contributed by atoms with Crippen LogP contribution in [-0.4, -0.2) is 30.1 Å². The monoisotopic (exact) mass is 238 g/mol. The molecule has 0 amide bonds. The molecule has 1 aliphatic carbocycles. The number of likely N-dealkylation sites (tertiary alicyclic amines) is 1. The summed E-state index contributed by atoms with van der Waals surface area (Å²) >= 11 is 0. The standard InChI is InChI=1S/C15H30N2/c1-3-13-8-5-9-17(11-13)15(2,12-16)10-14-6-4-7-14/h13-14H,3-12,16H2,1-2H3. The molecule has 0 aromatic rings. The van der Waals surface area contributed by atoms with Gasteiger partial charge in [-0.25, -0.2) is 0 Å². The van der Waals surface area contributed by atoms with Gasteiger partial charge in [0.1, 0.15) is 0 Å². The molecule has 0 radical (unpaired) electrons. The van der Waals surface area contributed by atoms with Gasteiger partial charge in [-0.2, -0.15) is 0 Å². The van der Waals surface area contributed by atoms with Crippen molar-refractivity contribution in [2.75, 3.05) is 19.6 Å². The van der Waals surface area contributed by atoms with Crippen LogP contribution in [0.2, 0.25) is 0 Å². The fraction of sp³-hybridized carbons (Fsp3) is 1.00. The normalized spacial score (nSPS) is 30.9. The predicted molar refractivity (Wildman–Crippen MR) is 74.0 cm³/mol. The molecule has 2 N–H and O–H groups in total. The summed E-state index contributed by atoms with van der Waals surface area (Å²) < 4.78 is 0. The fourth-order valence-electron chi connectivity index (χ4n) is 3.55. The number of piperidine rings is 1. The Kier molecular flexibility index (Phi) is 4.48. The fourth-order valence-corrected chi connectivity index (χ4v) is 3.55. The largest absolute Gasteiger partial charge is 0.329 e. The quantitative estimate of drug-likeness (QED) is 0.798. The van der Waals surface area contributed by atoms with Gasteiger partial charge in [0.05, 0.1) is 0 Å². The zero-order valence-corrected chi connectivity index (χ0v) is 11.8. The van der Waals surface area contributed by atoms with Gasteiger partial charge in [0, 0.05) is 18.6 Å². The molecular weight excluding hydrogens is 208 g/mol. The lowest BCUT2D eigenvalue weighted by Crippen LogP contribution is -2.56. The van der Waals surface area contributed by atoms with Crippen molar-refractivity contribution in [2.45, 2.75) is 64.3 Å². The van der Waals surface area contributed by atoms with Crippen molar-refractivity contribution in [3.8, 4) is 0 Å². The average Bonchev–Trinajstić information content (AvgIpc) is 2.33. The van der Waals surface area contributed by atoms with Gasteiger partial charge in [0.15, 0.2) is 0 Å². The van der Waals surface area contributed by atoms with E-state index < -0.39 is 0 Å². The summed E-state index contributed by atoms with van der Waals surface area (Å²) in [5.41, 5.74) is 6.39. The van der Waals surface area contributed by atoms with Crippen LogP contribution < -0.4 is 5.73 Å². The van der Waals surface area contributed by atoms with E-state index in [9.17, 15) is 0 Å². The third kappa shape index (κ3) is 3.03. The molecule has 2 heteroatoms. The maximum absolute atomic E-state index is 6.11. The lowest BCUT2D eigenvalue weighted by atomic mass is 9.75. The molecule has 0 aromatic heterocycles. The van der Waals surface area contributed by atoms with E-state index in [0.29, 0.717) is 0 Å². The minimum absolute atomic E-state index is 0.277. The van der Waals surface area contributed by atoms with Crippen molar-refractivity contribution in [3.63, 3.8) is 0 Å². The zero-order valence-electron chi connectivity index (χ0n) is 11.8. The summed E-state index contributed by atoms with van der Waals surface area (Å²) in [5, 5.41) is 0. The first kappa shape index (κ1) is 13.4. The number of rotatable bonds is 5. The van der Waals surface area contributed by atoms with Gasteiger partial charge in [0.2, 0.25) is 0 Å². The Morgan fingerprint density at radius 1 is 1.18 bits per heavy atom. The van der Waals surface area contributed by atoms with Gasteiger partial charge >= 0.3 is 0 Å². The summed E-state index contributed by atoms with van der Waals surface area (Å²) in [6, 6.07) is 0. The maximum Gasteiger partial charge on any atom is 0.0306 e. The van der Waals surface area contributed by atoms with Crippen LogP contribution in [0, 0.1) is 11.8 Å². The highest BCUT2D eigenvalue weighted by Gasteiger charge is 2.36. The molecule has 100 valence electrons. The van der Waals surface area contributed by atoms with Crippen molar-refractivity contribution in [1.82, 2.24) is 4.90 Å². The summed E-state index contributed by atoms with van der Waals surface area (Å²) in [4.78, 5) is 2.71. The average molecular weight is 238 g/mol. The van der Waals surface area contributed by atoms with E-state index in [1.54, 1.807) is 0 Å². The van der Waals surface area contributed by atoms with Crippen LogP contribution in [0.4, 0.5) is 0 Å². The summed E-state index contributed by atoms with van der Waals surface area (Å²) in [5.74, 6) is 1.88. The van der Waals surface area contributed by atoms with Crippen molar-refractivity contribution < 1.29 is 0 Å². The third-order valence-corrected chi connectivity index (χ3v) is 5.25. The Labute approximate surface area is 107 Å². The molecule has 1 aliphatic heterocycles. The maximum atomic E-state index is 6.11. The highest BCUT2D eigenvalue weighted by atomic mass is 15.2. The predicted octanol–water partition coefficient (Wildman–Crippen LogP) is 3.02. The first-order valence-corrected chi connectivity index (χ1v) is 7.63.